The summed E-state index contributed by atoms with van der Waals surface area (Å²) in [5, 5.41) is 5.63. The molecule has 14 nitrogen and oxygen atoms in total. The Morgan fingerprint density at radius 1 is 1.17 bits per heavy atom. The first-order chi connectivity index (χ1) is 22.8. The minimum Gasteiger partial charge on any atom is -0.369 e. The van der Waals surface area contributed by atoms with Gasteiger partial charge in [-0.25, -0.2) is 19.4 Å². The Labute approximate surface area is 270 Å². The Morgan fingerprint density at radius 2 is 1.96 bits per heavy atom. The predicted molar refractivity (Wildman–Crippen MR) is 176 cm³/mol. The van der Waals surface area contributed by atoms with Gasteiger partial charge in [0.15, 0.2) is 23.0 Å². The quantitative estimate of drug-likeness (QED) is 0.0762. The molecule has 1 fully saturated rings. The number of carbonyl (C=O) groups is 1. The van der Waals surface area contributed by atoms with Crippen LogP contribution in [0.2, 0.25) is 0 Å². The van der Waals surface area contributed by atoms with Crippen LogP contribution >= 0.6 is 7.82 Å². The summed E-state index contributed by atoms with van der Waals surface area (Å²) in [6, 6.07) is 15.8. The molecular formula is C32H35N8O6P. The molecule has 0 radical (unpaired) electrons. The van der Waals surface area contributed by atoms with E-state index in [1.54, 1.807) is 36.8 Å². The first-order valence-corrected chi connectivity index (χ1v) is 16.9. The number of fused-ring (bicyclic) bond motifs is 2. The zero-order valence-electron chi connectivity index (χ0n) is 25.6. The van der Waals surface area contributed by atoms with Crippen molar-refractivity contribution in [3.05, 3.63) is 84.8 Å². The number of phosphoric acid groups is 1. The molecule has 2 aliphatic rings. The van der Waals surface area contributed by atoms with Gasteiger partial charge in [0.2, 0.25) is 5.95 Å². The topological polar surface area (TPSA) is 183 Å². The molecule has 0 saturated heterocycles. The molecule has 0 aliphatic heterocycles. The van der Waals surface area contributed by atoms with Gasteiger partial charge in [0, 0.05) is 35.5 Å². The van der Waals surface area contributed by atoms with Crippen LogP contribution in [0.1, 0.15) is 30.9 Å². The summed E-state index contributed by atoms with van der Waals surface area (Å²) in [5.74, 6) is -0.443. The summed E-state index contributed by atoms with van der Waals surface area (Å²) < 4.78 is 25.6. The Morgan fingerprint density at radius 3 is 2.74 bits per heavy atom. The number of hydroxylamine groups is 1. The van der Waals surface area contributed by atoms with Gasteiger partial charge in [-0.2, -0.15) is 9.97 Å². The fraction of sp³-hybridized carbons (Fsp3) is 0.312. The van der Waals surface area contributed by atoms with Crippen molar-refractivity contribution in [2.24, 2.45) is 5.92 Å². The first kappa shape index (κ1) is 30.9. The van der Waals surface area contributed by atoms with E-state index in [1.165, 1.54) is 12.2 Å². The fourth-order valence-corrected chi connectivity index (χ4v) is 6.71. The van der Waals surface area contributed by atoms with Crippen LogP contribution in [-0.2, 0) is 29.7 Å². The molecule has 5 aromatic rings. The molecular weight excluding hydrogens is 623 g/mol. The van der Waals surface area contributed by atoms with Gasteiger partial charge >= 0.3 is 13.8 Å². The van der Waals surface area contributed by atoms with Gasteiger partial charge in [0.25, 0.3) is 0 Å². The minimum absolute atomic E-state index is 0.128. The van der Waals surface area contributed by atoms with Gasteiger partial charge in [-0.05, 0) is 43.0 Å². The number of nitrogens with zero attached hydrogens (tertiary/aromatic N) is 5. The average molecular weight is 659 g/mol. The molecule has 47 heavy (non-hydrogen) atoms. The van der Waals surface area contributed by atoms with E-state index in [1.807, 2.05) is 47.1 Å². The number of H-pyrrole nitrogens is 1. The number of nitrogen functional groups attached to an aromatic ring is 1. The molecule has 2 aromatic carbocycles. The van der Waals surface area contributed by atoms with Crippen molar-refractivity contribution in [3.63, 3.8) is 0 Å². The van der Waals surface area contributed by atoms with Crippen LogP contribution in [0.5, 0.6) is 0 Å². The number of para-hydroxylation sites is 2. The van der Waals surface area contributed by atoms with E-state index in [0.29, 0.717) is 35.1 Å². The summed E-state index contributed by atoms with van der Waals surface area (Å²) in [6.07, 6.45) is 10.2. The maximum Gasteiger partial charge on any atom is 0.529 e. The minimum atomic E-state index is -4.81. The van der Waals surface area contributed by atoms with Crippen LogP contribution in [0.25, 0.3) is 22.1 Å². The number of hydrogen-bond donors (Lipinski definition) is 4. The van der Waals surface area contributed by atoms with Crippen molar-refractivity contribution < 1.29 is 28.1 Å². The van der Waals surface area contributed by atoms with Crippen LogP contribution < -0.4 is 16.1 Å². The lowest BCUT2D eigenvalue weighted by molar-refractivity contribution is -0.139. The summed E-state index contributed by atoms with van der Waals surface area (Å²) >= 11 is 0. The summed E-state index contributed by atoms with van der Waals surface area (Å²) in [5.41, 5.74) is 9.51. The molecule has 4 atom stereocenters. The summed E-state index contributed by atoms with van der Waals surface area (Å²) in [6.45, 7) is -0.147. The number of aromatic amines is 1. The van der Waals surface area contributed by atoms with Crippen molar-refractivity contribution in [2.75, 3.05) is 29.8 Å². The number of benzene rings is 2. The average Bonchev–Trinajstić information content (AvgIpc) is 3.41. The number of nitrogens with one attached hydrogen (secondary N) is 2. The molecule has 3 aromatic heterocycles. The van der Waals surface area contributed by atoms with E-state index >= 15 is 0 Å². The second-order valence-corrected chi connectivity index (χ2v) is 13.1. The molecule has 15 heteroatoms. The Hall–Kier alpha value is -4.75. The molecule has 0 bridgehead atoms. The zero-order valence-corrected chi connectivity index (χ0v) is 26.5. The van der Waals surface area contributed by atoms with Crippen molar-refractivity contribution in [1.82, 2.24) is 24.5 Å². The first-order valence-electron chi connectivity index (χ1n) is 15.4. The highest BCUT2D eigenvalue weighted by Crippen LogP contribution is 2.46. The zero-order chi connectivity index (χ0) is 32.5. The Kier molecular flexibility index (Phi) is 8.41. The number of anilines is 3. The molecule has 244 valence electrons. The van der Waals surface area contributed by atoms with Crippen LogP contribution in [0.3, 0.4) is 0 Å². The summed E-state index contributed by atoms with van der Waals surface area (Å²) in [7, 11) is -3.39. The molecule has 0 amide bonds. The van der Waals surface area contributed by atoms with E-state index in [4.69, 9.17) is 19.6 Å². The number of nitrogens with two attached hydrogens (primary N) is 1. The van der Waals surface area contributed by atoms with Gasteiger partial charge in [-0.15, -0.1) is 0 Å². The number of rotatable bonds is 13. The van der Waals surface area contributed by atoms with Crippen LogP contribution in [-0.4, -0.2) is 61.2 Å². The standard InChI is InChI=1S/C32H35N8O6P/c1-44-40(23-7-3-2-4-8-23)27(16-21-17-34-26-10-6-5-9-25(21)26)31(41)46-47(42,43)45-18-20-11-14-24(15-20)39-19-35-28-29(36-22-12-13-22)37-32(33)38-30(28)39/h2-11,14,17,19-20,22,24,27,34H,12-13,15-16,18H2,1H3,(H,42,43)(H3,33,36,37,38)/t20-,24+,27+/m1/s1. The maximum absolute atomic E-state index is 13.6. The van der Waals surface area contributed by atoms with Crippen molar-refractivity contribution >= 4 is 53.3 Å². The number of phosphoric ester groups is 1. The van der Waals surface area contributed by atoms with Crippen molar-refractivity contribution in [1.29, 1.82) is 0 Å². The number of imidazole rings is 1. The van der Waals surface area contributed by atoms with E-state index in [-0.39, 0.29) is 30.9 Å². The van der Waals surface area contributed by atoms with Gasteiger partial charge < -0.3 is 25.1 Å². The van der Waals surface area contributed by atoms with Crippen molar-refractivity contribution in [2.45, 2.75) is 43.8 Å². The lowest BCUT2D eigenvalue weighted by Gasteiger charge is -2.30. The monoisotopic (exact) mass is 658 g/mol. The van der Waals surface area contributed by atoms with Gasteiger partial charge in [-0.1, -0.05) is 48.6 Å². The van der Waals surface area contributed by atoms with E-state index in [2.05, 4.69) is 25.3 Å². The maximum atomic E-state index is 13.6. The third-order valence-electron chi connectivity index (χ3n) is 8.37. The molecule has 0 spiro atoms. The van der Waals surface area contributed by atoms with Crippen LogP contribution in [0.15, 0.2) is 79.3 Å². The van der Waals surface area contributed by atoms with E-state index < -0.39 is 19.8 Å². The largest absolute Gasteiger partial charge is 0.529 e. The highest BCUT2D eigenvalue weighted by atomic mass is 31.2. The van der Waals surface area contributed by atoms with Crippen LogP contribution in [0.4, 0.5) is 17.5 Å². The predicted octanol–water partition coefficient (Wildman–Crippen LogP) is 4.92. The summed E-state index contributed by atoms with van der Waals surface area (Å²) in [4.78, 5) is 46.4. The van der Waals surface area contributed by atoms with Crippen molar-refractivity contribution in [3.8, 4) is 0 Å². The smallest absolute Gasteiger partial charge is 0.369 e. The normalized spacial score (nSPS) is 19.5. The number of aromatic nitrogens is 5. The Bertz CT molecular complexity index is 1980. The molecule has 2 aliphatic carbocycles. The lowest BCUT2D eigenvalue weighted by Crippen LogP contribution is -2.43. The fourth-order valence-electron chi connectivity index (χ4n) is 5.93. The second kappa shape index (κ2) is 12.8. The third kappa shape index (κ3) is 6.72. The lowest BCUT2D eigenvalue weighted by atomic mass is 10.0. The molecule has 7 rings (SSSR count). The van der Waals surface area contributed by atoms with Gasteiger partial charge in [0.1, 0.15) is 0 Å². The SMILES string of the molecule is CON(c1ccccc1)[C@@H](Cc1c[nH]c2ccccc12)C(=O)OP(=O)(O)OC[C@@H]1C=C[C@H](n2cnc3c(NC4CC4)nc(N)nc32)C1. The second-order valence-electron chi connectivity index (χ2n) is 11.7. The number of allylic oxidation sites excluding steroid dienone is 1. The number of carbonyl (C=O) groups excluding carboxylic acids is 1. The number of hydrogen-bond acceptors (Lipinski definition) is 11. The highest BCUT2D eigenvalue weighted by Gasteiger charge is 2.37. The molecule has 1 saturated carbocycles. The highest BCUT2D eigenvalue weighted by molar-refractivity contribution is 7.48. The van der Waals surface area contributed by atoms with Gasteiger partial charge in [-0.3, -0.25) is 14.3 Å². The Balaban J connectivity index is 1.03. The van der Waals surface area contributed by atoms with E-state index in [0.717, 1.165) is 29.3 Å². The molecule has 1 unspecified atom stereocenters. The van der Waals surface area contributed by atoms with Crippen LogP contribution in [0, 0.1) is 5.92 Å². The van der Waals surface area contributed by atoms with E-state index in [9.17, 15) is 14.3 Å². The van der Waals surface area contributed by atoms with Gasteiger partial charge in [0.05, 0.1) is 31.8 Å². The molecule has 3 heterocycles. The molecule has 5 N–H and O–H groups in total. The third-order valence-corrected chi connectivity index (χ3v) is 9.26.